The molecule has 0 saturated carbocycles. The van der Waals surface area contributed by atoms with Crippen LogP contribution in [0.15, 0.2) is 36.4 Å². The number of nitrogens with one attached hydrogen (secondary N) is 1. The van der Waals surface area contributed by atoms with Gasteiger partial charge < -0.3 is 15.2 Å². The molecule has 1 unspecified atom stereocenters. The van der Waals surface area contributed by atoms with Crippen molar-refractivity contribution in [3.8, 4) is 11.5 Å². The maximum absolute atomic E-state index is 12.1. The molecule has 1 amide bonds. The molecule has 2 N–H and O–H groups in total. The van der Waals surface area contributed by atoms with E-state index < -0.39 is 6.10 Å². The van der Waals surface area contributed by atoms with E-state index in [2.05, 4.69) is 5.32 Å². The van der Waals surface area contributed by atoms with Crippen molar-refractivity contribution in [2.45, 2.75) is 12.5 Å². The van der Waals surface area contributed by atoms with Crippen molar-refractivity contribution >= 4 is 34.8 Å². The van der Waals surface area contributed by atoms with Gasteiger partial charge in [0.15, 0.2) is 6.10 Å². The molecule has 0 spiro atoms. The lowest BCUT2D eigenvalue weighted by Gasteiger charge is -2.26. The number of phenols is 1. The summed E-state index contributed by atoms with van der Waals surface area (Å²) < 4.78 is 5.67. The summed E-state index contributed by atoms with van der Waals surface area (Å²) in [7, 11) is 0. The van der Waals surface area contributed by atoms with Gasteiger partial charge >= 0.3 is 0 Å². The van der Waals surface area contributed by atoms with Gasteiger partial charge in [0, 0.05) is 22.5 Å². The van der Waals surface area contributed by atoms with Crippen LogP contribution in [0.4, 0.5) is 5.69 Å². The third-order valence-electron chi connectivity index (χ3n) is 3.13. The monoisotopic (exact) mass is 323 g/mol. The Bertz CT molecular complexity index is 698. The fourth-order valence-corrected chi connectivity index (χ4v) is 2.79. The molecule has 2 aromatic rings. The summed E-state index contributed by atoms with van der Waals surface area (Å²) in [5.41, 5.74) is 1.27. The van der Waals surface area contributed by atoms with E-state index >= 15 is 0 Å². The van der Waals surface area contributed by atoms with E-state index in [1.54, 1.807) is 24.3 Å². The van der Waals surface area contributed by atoms with E-state index in [4.69, 9.17) is 27.9 Å². The normalized spacial score (nSPS) is 16.9. The molecule has 0 aliphatic carbocycles. The van der Waals surface area contributed by atoms with Gasteiger partial charge in [-0.25, -0.2) is 0 Å². The van der Waals surface area contributed by atoms with Gasteiger partial charge in [0.05, 0.1) is 5.69 Å². The van der Waals surface area contributed by atoms with Gasteiger partial charge in [-0.3, -0.25) is 4.79 Å². The number of carbonyl (C=O) groups is 1. The minimum absolute atomic E-state index is 0.0673. The third-order valence-corrected chi connectivity index (χ3v) is 3.56. The van der Waals surface area contributed by atoms with Crippen molar-refractivity contribution in [1.29, 1.82) is 0 Å². The summed E-state index contributed by atoms with van der Waals surface area (Å²) in [6.45, 7) is 0. The lowest BCUT2D eigenvalue weighted by molar-refractivity contribution is -0.123. The fraction of sp³-hybridized carbons (Fsp3) is 0.133. The Morgan fingerprint density at radius 3 is 2.57 bits per heavy atom. The quantitative estimate of drug-likeness (QED) is 0.887. The molecular formula is C15H11Cl2NO3. The highest BCUT2D eigenvalue weighted by Crippen LogP contribution is 2.33. The Hall–Kier alpha value is -1.91. The summed E-state index contributed by atoms with van der Waals surface area (Å²) in [6.07, 6.45) is -0.316. The summed E-state index contributed by atoms with van der Waals surface area (Å²) in [5, 5.41) is 13.1. The number of benzene rings is 2. The zero-order valence-corrected chi connectivity index (χ0v) is 12.3. The second kappa shape index (κ2) is 5.47. The second-order valence-electron chi connectivity index (χ2n) is 4.76. The first-order chi connectivity index (χ1) is 10.0. The molecule has 0 bridgehead atoms. The Labute approximate surface area is 131 Å². The van der Waals surface area contributed by atoms with Crippen LogP contribution in [0.2, 0.25) is 10.0 Å². The summed E-state index contributed by atoms with van der Waals surface area (Å²) in [6, 6.07) is 9.69. The molecule has 3 rings (SSSR count). The maximum atomic E-state index is 12.1. The van der Waals surface area contributed by atoms with Crippen molar-refractivity contribution in [2.75, 3.05) is 5.32 Å². The Morgan fingerprint density at radius 1 is 1.14 bits per heavy atom. The highest BCUT2D eigenvalue weighted by atomic mass is 35.5. The molecular weight excluding hydrogens is 313 g/mol. The van der Waals surface area contributed by atoms with Crippen LogP contribution in [0, 0.1) is 0 Å². The van der Waals surface area contributed by atoms with Gasteiger partial charge in [-0.1, -0.05) is 23.2 Å². The highest BCUT2D eigenvalue weighted by molar-refractivity contribution is 6.34. The molecule has 2 aromatic carbocycles. The van der Waals surface area contributed by atoms with E-state index in [9.17, 15) is 9.90 Å². The first kappa shape index (κ1) is 14.0. The largest absolute Gasteiger partial charge is 0.508 e. The predicted octanol–water partition coefficient (Wildman–Crippen LogP) is 3.64. The molecule has 1 aliphatic heterocycles. The molecule has 0 saturated heterocycles. The smallest absolute Gasteiger partial charge is 0.265 e. The van der Waals surface area contributed by atoms with Crippen molar-refractivity contribution in [1.82, 2.24) is 0 Å². The number of fused-ring (bicyclic) bond motifs is 1. The van der Waals surface area contributed by atoms with E-state index in [-0.39, 0.29) is 11.7 Å². The first-order valence-corrected chi connectivity index (χ1v) is 7.02. The zero-order chi connectivity index (χ0) is 15.0. The number of hydrogen-bond donors (Lipinski definition) is 2. The van der Waals surface area contributed by atoms with Crippen LogP contribution in [0.25, 0.3) is 0 Å². The van der Waals surface area contributed by atoms with Crippen LogP contribution in [-0.4, -0.2) is 17.1 Å². The minimum atomic E-state index is -0.670. The molecule has 1 aliphatic rings. The van der Waals surface area contributed by atoms with Crippen molar-refractivity contribution in [3.05, 3.63) is 52.0 Å². The van der Waals surface area contributed by atoms with Crippen molar-refractivity contribution < 1.29 is 14.6 Å². The molecule has 108 valence electrons. The average Bonchev–Trinajstić information content (AvgIpc) is 2.38. The Balaban J connectivity index is 1.83. The molecule has 0 radical (unpaired) electrons. The maximum Gasteiger partial charge on any atom is 0.265 e. The highest BCUT2D eigenvalue weighted by Gasteiger charge is 2.28. The summed E-state index contributed by atoms with van der Waals surface area (Å²) in [5.74, 6) is 0.312. The molecule has 21 heavy (non-hydrogen) atoms. The van der Waals surface area contributed by atoms with Gasteiger partial charge in [0.1, 0.15) is 11.5 Å². The van der Waals surface area contributed by atoms with Gasteiger partial charge in [-0.2, -0.15) is 0 Å². The molecule has 4 nitrogen and oxygen atoms in total. The molecule has 0 fully saturated rings. The number of halogens is 2. The lowest BCUT2D eigenvalue weighted by Crippen LogP contribution is -2.38. The van der Waals surface area contributed by atoms with Crippen LogP contribution in [0.1, 0.15) is 5.56 Å². The van der Waals surface area contributed by atoms with Gasteiger partial charge in [-0.15, -0.1) is 0 Å². The van der Waals surface area contributed by atoms with Gasteiger partial charge in [0.2, 0.25) is 0 Å². The van der Waals surface area contributed by atoms with Gasteiger partial charge in [0.25, 0.3) is 5.91 Å². The molecule has 6 heteroatoms. The van der Waals surface area contributed by atoms with Crippen LogP contribution in [-0.2, 0) is 11.2 Å². The standard InChI is InChI=1S/C15H11Cl2NO3/c16-9-3-8(4-10(17)6-9)5-14-15(20)18-12-7-11(19)1-2-13(12)21-14/h1-4,6-7,14,19H,5H2,(H,18,20). The minimum Gasteiger partial charge on any atom is -0.508 e. The van der Waals surface area contributed by atoms with Crippen LogP contribution in [0.3, 0.4) is 0 Å². The first-order valence-electron chi connectivity index (χ1n) is 6.27. The van der Waals surface area contributed by atoms with Gasteiger partial charge in [-0.05, 0) is 35.9 Å². The third kappa shape index (κ3) is 3.06. The van der Waals surface area contributed by atoms with Crippen molar-refractivity contribution in [2.24, 2.45) is 0 Å². The topological polar surface area (TPSA) is 58.6 Å². The fourth-order valence-electron chi connectivity index (χ4n) is 2.22. The van der Waals surface area contributed by atoms with E-state index in [0.29, 0.717) is 27.9 Å². The molecule has 0 aromatic heterocycles. The number of hydrogen-bond acceptors (Lipinski definition) is 3. The number of amides is 1. The predicted molar refractivity (Wildman–Crippen MR) is 81.3 cm³/mol. The average molecular weight is 324 g/mol. The van der Waals surface area contributed by atoms with E-state index in [1.807, 2.05) is 0 Å². The second-order valence-corrected chi connectivity index (χ2v) is 5.63. The van der Waals surface area contributed by atoms with Crippen LogP contribution in [0.5, 0.6) is 11.5 Å². The number of ether oxygens (including phenoxy) is 1. The summed E-state index contributed by atoms with van der Waals surface area (Å²) in [4.78, 5) is 12.1. The number of rotatable bonds is 2. The number of anilines is 1. The number of phenolic OH excluding ortho intramolecular Hbond substituents is 1. The zero-order valence-electron chi connectivity index (χ0n) is 10.8. The summed E-state index contributed by atoms with van der Waals surface area (Å²) >= 11 is 11.9. The van der Waals surface area contributed by atoms with E-state index in [0.717, 1.165) is 5.56 Å². The van der Waals surface area contributed by atoms with Crippen LogP contribution < -0.4 is 10.1 Å². The Kier molecular flexibility index (Phi) is 3.66. The SMILES string of the molecule is O=C1Nc2cc(O)ccc2OC1Cc1cc(Cl)cc(Cl)c1. The number of carbonyl (C=O) groups excluding carboxylic acids is 1. The number of aromatic hydroxyl groups is 1. The van der Waals surface area contributed by atoms with E-state index in [1.165, 1.54) is 12.1 Å². The van der Waals surface area contributed by atoms with Crippen molar-refractivity contribution in [3.63, 3.8) is 0 Å². The Morgan fingerprint density at radius 2 is 1.86 bits per heavy atom. The molecule has 1 atom stereocenters. The molecule has 1 heterocycles. The van der Waals surface area contributed by atoms with Crippen LogP contribution >= 0.6 is 23.2 Å². The lowest BCUT2D eigenvalue weighted by atomic mass is 10.1.